The Morgan fingerprint density at radius 1 is 0.607 bits per heavy atom. The summed E-state index contributed by atoms with van der Waals surface area (Å²) in [6, 6.07) is 14.2. The molecule has 4 amide bonds. The van der Waals surface area contributed by atoms with Gasteiger partial charge in [-0.1, -0.05) is 29.3 Å². The van der Waals surface area contributed by atoms with Crippen LogP contribution in [-0.2, 0) is 45.7 Å². The zero-order valence-corrected chi connectivity index (χ0v) is 56.9. The molecule has 5 N–H and O–H groups in total. The van der Waals surface area contributed by atoms with Gasteiger partial charge >= 0.3 is 58.8 Å². The van der Waals surface area contributed by atoms with E-state index in [1.54, 1.807) is 99.6 Å². The summed E-state index contributed by atoms with van der Waals surface area (Å²) in [4.78, 5) is 79.3. The summed E-state index contributed by atoms with van der Waals surface area (Å²) in [6.45, 7) is 25.1. The first-order valence-electron chi connectivity index (χ1n) is 27.5. The van der Waals surface area contributed by atoms with Crippen molar-refractivity contribution in [1.82, 2.24) is 51.0 Å². The van der Waals surface area contributed by atoms with E-state index < -0.39 is 40.8 Å². The van der Waals surface area contributed by atoms with Gasteiger partial charge in [0.05, 0.1) is 39.5 Å². The first kappa shape index (κ1) is 74.2. The van der Waals surface area contributed by atoms with E-state index in [2.05, 4.69) is 61.6 Å². The van der Waals surface area contributed by atoms with Gasteiger partial charge in [-0.25, -0.2) is 19.6 Å². The number of ether oxygens (including phenoxy) is 3. The molecule has 0 radical (unpaired) electrons. The van der Waals surface area contributed by atoms with Gasteiger partial charge in [-0.3, -0.25) is 35.0 Å². The maximum absolute atomic E-state index is 12.8. The number of carbonyl (C=O) groups excluding carboxylic acids is 5. The molecule has 89 heavy (non-hydrogen) atoms. The van der Waals surface area contributed by atoms with Crippen LogP contribution < -0.4 is 38.2 Å². The number of anilines is 2. The minimum atomic E-state index is -1.15. The number of hydrogen-bond acceptors (Lipinski definition) is 19. The van der Waals surface area contributed by atoms with Crippen molar-refractivity contribution in [2.24, 2.45) is 0 Å². The second-order valence-corrected chi connectivity index (χ2v) is 23.8. The van der Waals surface area contributed by atoms with Crippen molar-refractivity contribution in [3.63, 3.8) is 0 Å². The first-order valence-corrected chi connectivity index (χ1v) is 28.3. The minimum Gasteiger partial charge on any atom is -1.00 e. The van der Waals surface area contributed by atoms with E-state index in [1.165, 1.54) is 32.2 Å². The summed E-state index contributed by atoms with van der Waals surface area (Å²) in [6.07, 6.45) is 4.83. The predicted octanol–water partition coefficient (Wildman–Crippen LogP) is 8.60. The third-order valence-corrected chi connectivity index (χ3v) is 13.1. The molecule has 1 aliphatic rings. The molecule has 27 heteroatoms. The molecule has 1 saturated heterocycles. The summed E-state index contributed by atoms with van der Waals surface area (Å²) in [5, 5.41) is 39.7. The van der Waals surface area contributed by atoms with Crippen LogP contribution >= 0.6 is 23.2 Å². The third-order valence-electron chi connectivity index (χ3n) is 12.7. The second kappa shape index (κ2) is 32.0. The number of benzene rings is 2. The van der Waals surface area contributed by atoms with Gasteiger partial charge in [0.1, 0.15) is 22.8 Å². The monoisotopic (exact) mass is 1330 g/mol. The SMILES string of the molecule is C1CCOC1.CC(=O)c1cc(Cc2nnc(C(=O)NCc3c(C)cc(NC(=O)OC(C)(C)C)nc3C)o2)cc2cc(Cl)cnc12.Cc1cc(NC(=O)OC(C)(C)C)nc(C)c1CNC(=O)c1nnc(Cc2cc(C(C)(C)O)c3ncc(Cl)cc3c2)o1.[Br-].[CH3-].[Mg+2]. The Hall–Kier alpha value is -7.26. The van der Waals surface area contributed by atoms with Crippen LogP contribution in [0.25, 0.3) is 21.8 Å². The predicted molar refractivity (Wildman–Crippen MR) is 335 cm³/mol. The second-order valence-electron chi connectivity index (χ2n) is 22.9. The number of ketones is 1. The van der Waals surface area contributed by atoms with Crippen molar-refractivity contribution in [1.29, 1.82) is 0 Å². The summed E-state index contributed by atoms with van der Waals surface area (Å²) in [5.74, 6) is -0.457. The Morgan fingerprint density at radius 2 is 1.02 bits per heavy atom. The van der Waals surface area contributed by atoms with Crippen molar-refractivity contribution in [3.05, 3.63) is 158 Å². The average Bonchev–Trinajstić information content (AvgIpc) is 2.12. The number of hydrogen-bond donors (Lipinski definition) is 5. The van der Waals surface area contributed by atoms with Crippen LogP contribution in [0.3, 0.4) is 0 Å². The van der Waals surface area contributed by atoms with E-state index in [0.29, 0.717) is 60.6 Å². The van der Waals surface area contributed by atoms with E-state index in [9.17, 15) is 29.1 Å². The van der Waals surface area contributed by atoms with Crippen molar-refractivity contribution < 1.29 is 69.1 Å². The smallest absolute Gasteiger partial charge is 1.00 e. The maximum atomic E-state index is 12.8. The molecule has 7 heterocycles. The normalized spacial score (nSPS) is 12.0. The zero-order chi connectivity index (χ0) is 62.8. The van der Waals surface area contributed by atoms with E-state index in [0.717, 1.165) is 52.0 Å². The number of aryl methyl sites for hydroxylation is 4. The van der Waals surface area contributed by atoms with Gasteiger partial charge in [0, 0.05) is 72.0 Å². The summed E-state index contributed by atoms with van der Waals surface area (Å²) in [7, 11) is 0. The molecule has 0 unspecified atom stereocenters. The number of halogens is 3. The molecular formula is C62H73BrCl2MgN12O11. The van der Waals surface area contributed by atoms with Gasteiger partial charge in [0.2, 0.25) is 11.8 Å². The summed E-state index contributed by atoms with van der Waals surface area (Å²) in [5.41, 5.74) is 5.86. The van der Waals surface area contributed by atoms with E-state index in [1.807, 2.05) is 32.0 Å². The number of nitrogens with one attached hydrogen (secondary N) is 4. The van der Waals surface area contributed by atoms with Gasteiger partial charge in [0.15, 0.2) is 5.78 Å². The Morgan fingerprint density at radius 3 is 1.40 bits per heavy atom. The van der Waals surface area contributed by atoms with Crippen LogP contribution in [0.4, 0.5) is 21.2 Å². The third kappa shape index (κ3) is 21.7. The number of pyridine rings is 4. The first-order chi connectivity index (χ1) is 40.4. The average molecular weight is 1340 g/mol. The maximum Gasteiger partial charge on any atom is 2.00 e. The van der Waals surface area contributed by atoms with Crippen LogP contribution in [-0.4, -0.2) is 123 Å². The van der Waals surface area contributed by atoms with Gasteiger partial charge in [-0.15, -0.1) is 20.4 Å². The van der Waals surface area contributed by atoms with E-state index in [4.69, 9.17) is 46.2 Å². The Bertz CT molecular complexity index is 3790. The molecule has 1 fully saturated rings. The van der Waals surface area contributed by atoms with Gasteiger partial charge in [-0.05, 0) is 179 Å². The zero-order valence-electron chi connectivity index (χ0n) is 52.4. The van der Waals surface area contributed by atoms with Gasteiger partial charge in [-0.2, -0.15) is 0 Å². The fourth-order valence-electron chi connectivity index (χ4n) is 8.89. The molecule has 470 valence electrons. The van der Waals surface area contributed by atoms with Crippen LogP contribution in [0.1, 0.15) is 169 Å². The van der Waals surface area contributed by atoms with Crippen LogP contribution in [0.15, 0.2) is 69.8 Å². The molecule has 1 aliphatic heterocycles. The molecule has 0 atom stereocenters. The molecule has 0 bridgehead atoms. The van der Waals surface area contributed by atoms with E-state index >= 15 is 0 Å². The Kier molecular flexibility index (Phi) is 26.6. The van der Waals surface area contributed by atoms with Crippen molar-refractivity contribution in [2.75, 3.05) is 23.8 Å². The van der Waals surface area contributed by atoms with Gasteiger partial charge < -0.3 is 63.2 Å². The molecule has 0 saturated carbocycles. The molecule has 23 nitrogen and oxygen atoms in total. The molecule has 0 aliphatic carbocycles. The van der Waals surface area contributed by atoms with Crippen molar-refractivity contribution in [3.8, 4) is 0 Å². The number of amides is 4. The number of fused-ring (bicyclic) bond motifs is 2. The molecule has 0 spiro atoms. The van der Waals surface area contributed by atoms with Crippen molar-refractivity contribution >= 4 is 109 Å². The number of aromatic nitrogens is 8. The molecule has 8 aromatic rings. The Labute approximate surface area is 553 Å². The Balaban J connectivity index is 0.000000341. The number of rotatable bonds is 14. The fraction of sp³-hybridized carbons (Fsp3) is 0.387. The van der Waals surface area contributed by atoms with Crippen LogP contribution in [0, 0.1) is 35.1 Å². The molecule has 9 rings (SSSR count). The standard InChI is InChI=1S/C29H33ClN6O5.C28H29ClN6O5.C4H8O.CH3.BrH.Mg/c1-15-8-22(34-27(38)41-28(3,4)5)33-16(2)20(15)14-32-25(37)26-36-35-23(40-26)11-17-9-18-12-19(30)13-31-24(18)21(10-17)29(6,7)39;1-14-7-22(33-27(38)40-28(4,5)6)32-15(2)21(14)13-31-25(37)26-35-34-23(39-26)10-17-8-18-11-19(29)12-30-24(18)20(9-17)16(3)36;1-2-4-5-3-1;;;/h8-10,12-13,39H,11,14H2,1-7H3,(H,32,37)(H,33,34,38);7-9,11-12H,10,13H2,1-6H3,(H,31,37)(H,32,33,38);1-4H2;1H3;1H;/q;;;-1;;+2/p-1. The number of aliphatic hydroxyl groups is 1. The quantitative estimate of drug-likeness (QED) is 0.0386. The molecule has 2 aromatic carbocycles. The van der Waals surface area contributed by atoms with Crippen LogP contribution in [0.5, 0.6) is 0 Å². The summed E-state index contributed by atoms with van der Waals surface area (Å²) >= 11 is 12.2. The van der Waals surface area contributed by atoms with Gasteiger partial charge in [0.25, 0.3) is 0 Å². The van der Waals surface area contributed by atoms with Crippen molar-refractivity contribution in [2.45, 2.75) is 146 Å². The number of nitrogens with zero attached hydrogens (tertiary/aromatic N) is 8. The minimum absolute atomic E-state index is 0. The van der Waals surface area contributed by atoms with E-state index in [-0.39, 0.29) is 103 Å². The number of Topliss-reactive ketones (excluding diaryl/α,β-unsaturated/α-hetero) is 1. The fourth-order valence-corrected chi connectivity index (χ4v) is 9.22. The van der Waals surface area contributed by atoms with Crippen LogP contribution in [0.2, 0.25) is 10.0 Å². The largest absolute Gasteiger partial charge is 2.00 e. The topological polar surface area (TPSA) is 311 Å². The molecular weight excluding hydrogens is 1260 g/mol. The molecule has 6 aromatic heterocycles. The number of carbonyl (C=O) groups is 5. The summed E-state index contributed by atoms with van der Waals surface area (Å²) < 4.78 is 26.7.